The molecule has 4 nitrogen and oxygen atoms in total. The first-order chi connectivity index (χ1) is 9.61. The Labute approximate surface area is 119 Å². The standard InChI is InChI=1S/C16H20N2O2/c1-12(17-2)15-8-5-9-18(15)11-14-7-4-3-6-13(14)10-16(19)20/h3-9,12,17H,10-11H2,1-2H3,(H,19,20). The Balaban J connectivity index is 2.26. The molecule has 20 heavy (non-hydrogen) atoms. The maximum absolute atomic E-state index is 10.9. The Kier molecular flexibility index (Phi) is 4.58. The molecule has 0 aliphatic rings. The lowest BCUT2D eigenvalue weighted by atomic mass is 10.0. The number of hydrogen-bond donors (Lipinski definition) is 2. The number of aliphatic carboxylic acids is 1. The van der Waals surface area contributed by atoms with Gasteiger partial charge >= 0.3 is 5.97 Å². The largest absolute Gasteiger partial charge is 0.481 e. The van der Waals surface area contributed by atoms with Crippen LogP contribution in [0.5, 0.6) is 0 Å². The molecule has 0 aliphatic carbocycles. The summed E-state index contributed by atoms with van der Waals surface area (Å²) < 4.78 is 2.15. The Morgan fingerprint density at radius 3 is 2.60 bits per heavy atom. The van der Waals surface area contributed by atoms with Crippen molar-refractivity contribution in [3.05, 3.63) is 59.4 Å². The molecule has 0 saturated heterocycles. The summed E-state index contributed by atoms with van der Waals surface area (Å²) in [4.78, 5) is 10.9. The highest BCUT2D eigenvalue weighted by Gasteiger charge is 2.11. The Hall–Kier alpha value is -2.07. The molecule has 0 spiro atoms. The highest BCUT2D eigenvalue weighted by atomic mass is 16.4. The van der Waals surface area contributed by atoms with Crippen LogP contribution in [0.4, 0.5) is 0 Å². The zero-order valence-electron chi connectivity index (χ0n) is 11.8. The topological polar surface area (TPSA) is 54.3 Å². The number of nitrogens with zero attached hydrogens (tertiary/aromatic N) is 1. The van der Waals surface area contributed by atoms with Gasteiger partial charge in [-0.15, -0.1) is 0 Å². The van der Waals surface area contributed by atoms with Crippen molar-refractivity contribution in [2.75, 3.05) is 7.05 Å². The van der Waals surface area contributed by atoms with E-state index < -0.39 is 5.97 Å². The molecule has 2 aromatic rings. The molecular formula is C16H20N2O2. The number of aromatic nitrogens is 1. The van der Waals surface area contributed by atoms with Crippen LogP contribution < -0.4 is 5.32 Å². The molecule has 0 bridgehead atoms. The van der Waals surface area contributed by atoms with Crippen LogP contribution in [-0.4, -0.2) is 22.7 Å². The molecule has 1 unspecified atom stereocenters. The second-order valence-corrected chi connectivity index (χ2v) is 4.91. The number of hydrogen-bond acceptors (Lipinski definition) is 2. The van der Waals surface area contributed by atoms with E-state index in [1.54, 1.807) is 0 Å². The fraction of sp³-hybridized carbons (Fsp3) is 0.312. The van der Waals surface area contributed by atoms with E-state index in [9.17, 15) is 4.79 Å². The Morgan fingerprint density at radius 2 is 1.95 bits per heavy atom. The Morgan fingerprint density at radius 1 is 1.25 bits per heavy atom. The van der Waals surface area contributed by atoms with Gasteiger partial charge in [-0.3, -0.25) is 4.79 Å². The van der Waals surface area contributed by atoms with Crippen LogP contribution in [0.2, 0.25) is 0 Å². The van der Waals surface area contributed by atoms with E-state index in [4.69, 9.17) is 5.11 Å². The van der Waals surface area contributed by atoms with Crippen LogP contribution in [0.1, 0.15) is 29.8 Å². The first-order valence-electron chi connectivity index (χ1n) is 6.72. The zero-order valence-corrected chi connectivity index (χ0v) is 11.8. The summed E-state index contributed by atoms with van der Waals surface area (Å²) in [6, 6.07) is 12.1. The minimum Gasteiger partial charge on any atom is -0.481 e. The van der Waals surface area contributed by atoms with Crippen LogP contribution in [0.15, 0.2) is 42.6 Å². The molecule has 0 aliphatic heterocycles. The van der Waals surface area contributed by atoms with Crippen LogP contribution in [0.3, 0.4) is 0 Å². The zero-order chi connectivity index (χ0) is 14.5. The maximum atomic E-state index is 10.9. The van der Waals surface area contributed by atoms with E-state index in [-0.39, 0.29) is 12.5 Å². The van der Waals surface area contributed by atoms with Crippen molar-refractivity contribution in [1.82, 2.24) is 9.88 Å². The Bertz CT molecular complexity index is 590. The number of benzene rings is 1. The van der Waals surface area contributed by atoms with E-state index in [1.807, 2.05) is 43.6 Å². The lowest BCUT2D eigenvalue weighted by Crippen LogP contribution is -2.17. The number of nitrogens with one attached hydrogen (secondary N) is 1. The lowest BCUT2D eigenvalue weighted by molar-refractivity contribution is -0.136. The van der Waals surface area contributed by atoms with Gasteiger partial charge in [-0.05, 0) is 37.2 Å². The normalized spacial score (nSPS) is 12.3. The van der Waals surface area contributed by atoms with Crippen LogP contribution in [-0.2, 0) is 17.8 Å². The molecule has 1 aromatic carbocycles. The molecule has 0 radical (unpaired) electrons. The van der Waals surface area contributed by atoms with Gasteiger partial charge in [-0.1, -0.05) is 24.3 Å². The van der Waals surface area contributed by atoms with Crippen molar-refractivity contribution in [1.29, 1.82) is 0 Å². The number of rotatable bonds is 6. The average molecular weight is 272 g/mol. The van der Waals surface area contributed by atoms with Gasteiger partial charge in [0.25, 0.3) is 0 Å². The van der Waals surface area contributed by atoms with Crippen LogP contribution in [0, 0.1) is 0 Å². The first kappa shape index (κ1) is 14.3. The molecule has 2 rings (SSSR count). The molecule has 4 heteroatoms. The van der Waals surface area contributed by atoms with Gasteiger partial charge in [0.2, 0.25) is 0 Å². The summed E-state index contributed by atoms with van der Waals surface area (Å²) in [5.74, 6) is -0.797. The van der Waals surface area contributed by atoms with Crippen molar-refractivity contribution in [2.45, 2.75) is 25.9 Å². The monoisotopic (exact) mass is 272 g/mol. The van der Waals surface area contributed by atoms with Gasteiger partial charge in [0.05, 0.1) is 6.42 Å². The SMILES string of the molecule is CNC(C)c1cccn1Cc1ccccc1CC(=O)O. The summed E-state index contributed by atoms with van der Waals surface area (Å²) in [6.45, 7) is 2.80. The van der Waals surface area contributed by atoms with Gasteiger partial charge in [-0.2, -0.15) is 0 Å². The van der Waals surface area contributed by atoms with E-state index in [0.717, 1.165) is 11.1 Å². The van der Waals surface area contributed by atoms with Crippen molar-refractivity contribution in [3.63, 3.8) is 0 Å². The van der Waals surface area contributed by atoms with E-state index in [0.29, 0.717) is 6.54 Å². The molecule has 1 heterocycles. The summed E-state index contributed by atoms with van der Waals surface area (Å²) in [5, 5.41) is 12.2. The molecule has 1 atom stereocenters. The van der Waals surface area contributed by atoms with Gasteiger partial charge in [0.1, 0.15) is 0 Å². The molecule has 106 valence electrons. The van der Waals surface area contributed by atoms with Gasteiger partial charge in [0, 0.05) is 24.5 Å². The van der Waals surface area contributed by atoms with Crippen LogP contribution in [0.25, 0.3) is 0 Å². The third-order valence-corrected chi connectivity index (χ3v) is 3.54. The fourth-order valence-corrected chi connectivity index (χ4v) is 2.34. The highest BCUT2D eigenvalue weighted by Crippen LogP contribution is 2.17. The van der Waals surface area contributed by atoms with E-state index in [2.05, 4.69) is 22.9 Å². The summed E-state index contributed by atoms with van der Waals surface area (Å²) in [6.07, 6.45) is 2.09. The molecule has 0 amide bonds. The van der Waals surface area contributed by atoms with E-state index in [1.165, 1.54) is 5.69 Å². The van der Waals surface area contributed by atoms with Gasteiger partial charge in [-0.25, -0.2) is 0 Å². The molecule has 0 saturated carbocycles. The third kappa shape index (κ3) is 3.27. The second kappa shape index (κ2) is 6.39. The summed E-state index contributed by atoms with van der Waals surface area (Å²) >= 11 is 0. The summed E-state index contributed by atoms with van der Waals surface area (Å²) in [7, 11) is 1.93. The average Bonchev–Trinajstić information content (AvgIpc) is 2.88. The predicted molar refractivity (Wildman–Crippen MR) is 78.8 cm³/mol. The van der Waals surface area contributed by atoms with Crippen molar-refractivity contribution in [3.8, 4) is 0 Å². The quantitative estimate of drug-likeness (QED) is 0.849. The fourth-order valence-electron chi connectivity index (χ4n) is 2.34. The van der Waals surface area contributed by atoms with E-state index >= 15 is 0 Å². The first-order valence-corrected chi connectivity index (χ1v) is 6.72. The smallest absolute Gasteiger partial charge is 0.307 e. The minimum atomic E-state index is -0.797. The van der Waals surface area contributed by atoms with Crippen molar-refractivity contribution in [2.24, 2.45) is 0 Å². The van der Waals surface area contributed by atoms with Crippen molar-refractivity contribution < 1.29 is 9.90 Å². The lowest BCUT2D eigenvalue weighted by Gasteiger charge is -2.16. The van der Waals surface area contributed by atoms with Crippen LogP contribution >= 0.6 is 0 Å². The maximum Gasteiger partial charge on any atom is 0.307 e. The molecule has 2 N–H and O–H groups in total. The molecular weight excluding hydrogens is 252 g/mol. The second-order valence-electron chi connectivity index (χ2n) is 4.91. The third-order valence-electron chi connectivity index (χ3n) is 3.54. The molecule has 1 aromatic heterocycles. The summed E-state index contributed by atoms with van der Waals surface area (Å²) in [5.41, 5.74) is 3.12. The molecule has 0 fully saturated rings. The minimum absolute atomic E-state index is 0.0638. The predicted octanol–water partition coefficient (Wildman–Crippen LogP) is 2.44. The van der Waals surface area contributed by atoms with Gasteiger partial charge in [0.15, 0.2) is 0 Å². The van der Waals surface area contributed by atoms with Crippen molar-refractivity contribution >= 4 is 5.97 Å². The number of carboxylic acid groups (broad SMARTS) is 1. The number of carbonyl (C=O) groups is 1. The van der Waals surface area contributed by atoms with Gasteiger partial charge < -0.3 is 15.0 Å². The number of carboxylic acids is 1. The highest BCUT2D eigenvalue weighted by molar-refractivity contribution is 5.70.